The quantitative estimate of drug-likeness (QED) is 0.925. The Kier molecular flexibility index (Phi) is 4.29. The molecule has 0 bridgehead atoms. The molecule has 0 radical (unpaired) electrons. The SMILES string of the molecule is CCn1cc(CC(N)c2ccccc2C(C)(C)C)cn1. The zero-order chi connectivity index (χ0) is 14.8. The molecule has 0 saturated heterocycles. The minimum Gasteiger partial charge on any atom is -0.324 e. The fourth-order valence-electron chi connectivity index (χ4n) is 2.55. The van der Waals surface area contributed by atoms with Crippen LogP contribution < -0.4 is 5.73 Å². The summed E-state index contributed by atoms with van der Waals surface area (Å²) in [7, 11) is 0. The van der Waals surface area contributed by atoms with E-state index in [4.69, 9.17) is 5.73 Å². The Bertz CT molecular complexity index is 564. The number of aromatic nitrogens is 2. The summed E-state index contributed by atoms with van der Waals surface area (Å²) in [5.41, 5.74) is 10.3. The Morgan fingerprint density at radius 2 is 1.95 bits per heavy atom. The van der Waals surface area contributed by atoms with Gasteiger partial charge in [0.15, 0.2) is 0 Å². The van der Waals surface area contributed by atoms with Crippen molar-refractivity contribution in [2.24, 2.45) is 5.73 Å². The largest absolute Gasteiger partial charge is 0.324 e. The molecule has 3 nitrogen and oxygen atoms in total. The van der Waals surface area contributed by atoms with Gasteiger partial charge >= 0.3 is 0 Å². The highest BCUT2D eigenvalue weighted by molar-refractivity contribution is 5.35. The van der Waals surface area contributed by atoms with E-state index >= 15 is 0 Å². The average molecular weight is 271 g/mol. The van der Waals surface area contributed by atoms with E-state index in [-0.39, 0.29) is 11.5 Å². The van der Waals surface area contributed by atoms with Gasteiger partial charge in [-0.25, -0.2) is 0 Å². The normalized spacial score (nSPS) is 13.4. The van der Waals surface area contributed by atoms with E-state index < -0.39 is 0 Å². The van der Waals surface area contributed by atoms with E-state index in [1.807, 2.05) is 10.9 Å². The highest BCUT2D eigenvalue weighted by Crippen LogP contribution is 2.29. The van der Waals surface area contributed by atoms with Crippen LogP contribution in [0.5, 0.6) is 0 Å². The molecule has 1 heterocycles. The van der Waals surface area contributed by atoms with Gasteiger partial charge in [0.1, 0.15) is 0 Å². The molecule has 20 heavy (non-hydrogen) atoms. The number of aryl methyl sites for hydroxylation is 1. The summed E-state index contributed by atoms with van der Waals surface area (Å²) in [5.74, 6) is 0. The van der Waals surface area contributed by atoms with Gasteiger partial charge in [-0.3, -0.25) is 4.68 Å². The Labute approximate surface area is 121 Å². The third-order valence-corrected chi connectivity index (χ3v) is 3.63. The van der Waals surface area contributed by atoms with Crippen LogP contribution in [0.2, 0.25) is 0 Å². The predicted octanol–water partition coefficient (Wildman–Crippen LogP) is 3.44. The summed E-state index contributed by atoms with van der Waals surface area (Å²) in [6, 6.07) is 8.51. The fourth-order valence-corrected chi connectivity index (χ4v) is 2.55. The van der Waals surface area contributed by atoms with Crippen LogP contribution in [0.3, 0.4) is 0 Å². The molecule has 2 N–H and O–H groups in total. The van der Waals surface area contributed by atoms with Crippen LogP contribution in [0.25, 0.3) is 0 Å². The molecule has 0 saturated carbocycles. The molecule has 0 aliphatic carbocycles. The highest BCUT2D eigenvalue weighted by Gasteiger charge is 2.20. The first kappa shape index (κ1) is 14.8. The highest BCUT2D eigenvalue weighted by atomic mass is 15.3. The van der Waals surface area contributed by atoms with Gasteiger partial charge in [-0.2, -0.15) is 5.10 Å². The van der Waals surface area contributed by atoms with Crippen LogP contribution in [-0.4, -0.2) is 9.78 Å². The summed E-state index contributed by atoms with van der Waals surface area (Å²) in [4.78, 5) is 0. The van der Waals surface area contributed by atoms with Gasteiger partial charge < -0.3 is 5.73 Å². The van der Waals surface area contributed by atoms with Crippen molar-refractivity contribution in [3.05, 3.63) is 53.3 Å². The van der Waals surface area contributed by atoms with Gasteiger partial charge in [-0.05, 0) is 35.4 Å². The van der Waals surface area contributed by atoms with Gasteiger partial charge in [0.25, 0.3) is 0 Å². The average Bonchev–Trinajstić information content (AvgIpc) is 2.85. The maximum Gasteiger partial charge on any atom is 0.0522 e. The van der Waals surface area contributed by atoms with Crippen molar-refractivity contribution in [2.45, 2.75) is 52.1 Å². The molecule has 0 aliphatic rings. The van der Waals surface area contributed by atoms with Crippen molar-refractivity contribution in [3.63, 3.8) is 0 Å². The number of hydrogen-bond donors (Lipinski definition) is 1. The second-order valence-corrected chi connectivity index (χ2v) is 6.35. The van der Waals surface area contributed by atoms with Crippen LogP contribution in [0, 0.1) is 0 Å². The lowest BCUT2D eigenvalue weighted by Gasteiger charge is -2.25. The molecule has 2 rings (SSSR count). The third-order valence-electron chi connectivity index (χ3n) is 3.63. The number of hydrogen-bond acceptors (Lipinski definition) is 2. The minimum atomic E-state index is 0.0138. The summed E-state index contributed by atoms with van der Waals surface area (Å²) in [6.07, 6.45) is 4.83. The van der Waals surface area contributed by atoms with Crippen molar-refractivity contribution < 1.29 is 0 Å². The second kappa shape index (κ2) is 5.80. The fraction of sp³-hybridized carbons (Fsp3) is 0.471. The molecule has 0 fully saturated rings. The maximum absolute atomic E-state index is 6.44. The van der Waals surface area contributed by atoms with Crippen molar-refractivity contribution in [2.75, 3.05) is 0 Å². The van der Waals surface area contributed by atoms with Gasteiger partial charge in [-0.1, -0.05) is 45.0 Å². The van der Waals surface area contributed by atoms with Crippen LogP contribution >= 0.6 is 0 Å². The van der Waals surface area contributed by atoms with Gasteiger partial charge in [0.05, 0.1) is 6.20 Å². The maximum atomic E-state index is 6.44. The van der Waals surface area contributed by atoms with Crippen LogP contribution in [0.1, 0.15) is 50.4 Å². The smallest absolute Gasteiger partial charge is 0.0522 e. The van der Waals surface area contributed by atoms with E-state index in [9.17, 15) is 0 Å². The number of benzene rings is 1. The standard InChI is InChI=1S/C17H25N3/c1-5-20-12-13(11-19-20)10-16(18)14-8-6-7-9-15(14)17(2,3)4/h6-9,11-12,16H,5,10,18H2,1-4H3. The first-order chi connectivity index (χ1) is 9.41. The zero-order valence-corrected chi connectivity index (χ0v) is 12.9. The topological polar surface area (TPSA) is 43.8 Å². The molecule has 0 amide bonds. The summed E-state index contributed by atoms with van der Waals surface area (Å²) in [5, 5.41) is 4.31. The lowest BCUT2D eigenvalue weighted by molar-refractivity contribution is 0.568. The molecule has 1 atom stereocenters. The number of rotatable bonds is 4. The first-order valence-electron chi connectivity index (χ1n) is 7.28. The molecular formula is C17H25N3. The molecule has 1 aromatic heterocycles. The first-order valence-corrected chi connectivity index (χ1v) is 7.28. The number of nitrogens with two attached hydrogens (primary N) is 1. The van der Waals surface area contributed by atoms with Crippen molar-refractivity contribution in [1.82, 2.24) is 9.78 Å². The Morgan fingerprint density at radius 3 is 2.55 bits per heavy atom. The van der Waals surface area contributed by atoms with E-state index in [0.717, 1.165) is 13.0 Å². The second-order valence-electron chi connectivity index (χ2n) is 6.35. The van der Waals surface area contributed by atoms with Crippen molar-refractivity contribution in [3.8, 4) is 0 Å². The minimum absolute atomic E-state index is 0.0138. The van der Waals surface area contributed by atoms with E-state index in [1.165, 1.54) is 16.7 Å². The predicted molar refractivity (Wildman–Crippen MR) is 83.7 cm³/mol. The summed E-state index contributed by atoms with van der Waals surface area (Å²) < 4.78 is 1.94. The van der Waals surface area contributed by atoms with Crippen molar-refractivity contribution >= 4 is 0 Å². The van der Waals surface area contributed by atoms with Gasteiger partial charge in [0.2, 0.25) is 0 Å². The molecule has 0 aliphatic heterocycles. The molecule has 3 heteroatoms. The lowest BCUT2D eigenvalue weighted by atomic mass is 9.81. The lowest BCUT2D eigenvalue weighted by Crippen LogP contribution is -2.21. The summed E-state index contributed by atoms with van der Waals surface area (Å²) in [6.45, 7) is 9.68. The number of nitrogens with zero attached hydrogens (tertiary/aromatic N) is 2. The molecular weight excluding hydrogens is 246 g/mol. The Morgan fingerprint density at radius 1 is 1.25 bits per heavy atom. The van der Waals surface area contributed by atoms with E-state index in [0.29, 0.717) is 0 Å². The zero-order valence-electron chi connectivity index (χ0n) is 12.9. The van der Waals surface area contributed by atoms with Crippen LogP contribution in [0.4, 0.5) is 0 Å². The van der Waals surface area contributed by atoms with E-state index in [2.05, 4.69) is 63.3 Å². The van der Waals surface area contributed by atoms with E-state index in [1.54, 1.807) is 0 Å². The monoisotopic (exact) mass is 271 g/mol. The summed E-state index contributed by atoms with van der Waals surface area (Å²) >= 11 is 0. The van der Waals surface area contributed by atoms with Gasteiger partial charge in [-0.15, -0.1) is 0 Å². The molecule has 1 aromatic carbocycles. The Balaban J connectivity index is 2.23. The molecule has 2 aromatic rings. The van der Waals surface area contributed by atoms with Gasteiger partial charge in [0, 0.05) is 18.8 Å². The van der Waals surface area contributed by atoms with Crippen LogP contribution in [-0.2, 0) is 18.4 Å². The Hall–Kier alpha value is -1.61. The van der Waals surface area contributed by atoms with Crippen LogP contribution in [0.15, 0.2) is 36.7 Å². The van der Waals surface area contributed by atoms with Crippen molar-refractivity contribution in [1.29, 1.82) is 0 Å². The molecule has 108 valence electrons. The third kappa shape index (κ3) is 3.28. The molecule has 1 unspecified atom stereocenters. The molecule has 0 spiro atoms.